The molecule has 7 heteroatoms. The van der Waals surface area contributed by atoms with Crippen LogP contribution in [0, 0.1) is 11.6 Å². The molecule has 1 aliphatic rings. The monoisotopic (exact) mass is 284 g/mol. The fraction of sp³-hybridized carbons (Fsp3) is 0.385. The van der Waals surface area contributed by atoms with E-state index in [9.17, 15) is 18.4 Å². The molecule has 1 aliphatic heterocycles. The number of hydrogen-bond donors (Lipinski definition) is 2. The van der Waals surface area contributed by atoms with Crippen molar-refractivity contribution in [3.63, 3.8) is 0 Å². The lowest BCUT2D eigenvalue weighted by Gasteiger charge is -2.21. The number of carboxylic acids is 1. The van der Waals surface area contributed by atoms with Gasteiger partial charge in [0.15, 0.2) is 0 Å². The van der Waals surface area contributed by atoms with Gasteiger partial charge in [-0.3, -0.25) is 0 Å². The van der Waals surface area contributed by atoms with Gasteiger partial charge in [0, 0.05) is 12.1 Å². The summed E-state index contributed by atoms with van der Waals surface area (Å²) in [7, 11) is 0. The van der Waals surface area contributed by atoms with E-state index in [0.29, 0.717) is 19.4 Å². The van der Waals surface area contributed by atoms with E-state index >= 15 is 0 Å². The molecule has 2 amide bonds. The van der Waals surface area contributed by atoms with E-state index < -0.39 is 29.7 Å². The number of halogens is 2. The lowest BCUT2D eigenvalue weighted by molar-refractivity contribution is -0.141. The van der Waals surface area contributed by atoms with Crippen LogP contribution in [0.4, 0.5) is 13.6 Å². The first-order valence-corrected chi connectivity index (χ1v) is 6.21. The third-order valence-corrected chi connectivity index (χ3v) is 3.28. The first-order chi connectivity index (χ1) is 9.50. The highest BCUT2D eigenvalue weighted by Gasteiger charge is 2.33. The molecule has 0 unspecified atom stereocenters. The molecule has 5 nitrogen and oxygen atoms in total. The van der Waals surface area contributed by atoms with Crippen molar-refractivity contribution in [1.82, 2.24) is 10.2 Å². The van der Waals surface area contributed by atoms with Crippen molar-refractivity contribution < 1.29 is 23.5 Å². The van der Waals surface area contributed by atoms with Crippen LogP contribution in [0.5, 0.6) is 0 Å². The van der Waals surface area contributed by atoms with Gasteiger partial charge in [-0.15, -0.1) is 0 Å². The van der Waals surface area contributed by atoms with Crippen LogP contribution < -0.4 is 5.32 Å². The van der Waals surface area contributed by atoms with Crippen LogP contribution in [0.1, 0.15) is 18.4 Å². The van der Waals surface area contributed by atoms with Gasteiger partial charge in [0.25, 0.3) is 0 Å². The highest BCUT2D eigenvalue weighted by atomic mass is 19.1. The molecule has 1 aromatic rings. The number of likely N-dealkylation sites (tertiary alicyclic amines) is 1. The van der Waals surface area contributed by atoms with Crippen LogP contribution in [0.2, 0.25) is 0 Å². The van der Waals surface area contributed by atoms with Crippen molar-refractivity contribution >= 4 is 12.0 Å². The Hall–Kier alpha value is -2.18. The SMILES string of the molecule is O=C(O)[C@H]1CCCN1C(=O)NCc1c(F)cccc1F. The van der Waals surface area contributed by atoms with E-state index in [1.165, 1.54) is 11.0 Å². The average molecular weight is 284 g/mol. The highest BCUT2D eigenvalue weighted by Crippen LogP contribution is 2.18. The topological polar surface area (TPSA) is 69.6 Å². The van der Waals surface area contributed by atoms with E-state index in [-0.39, 0.29) is 12.1 Å². The van der Waals surface area contributed by atoms with Crippen LogP contribution in [0.3, 0.4) is 0 Å². The predicted octanol–water partition coefficient (Wildman–Crippen LogP) is 1.72. The number of nitrogens with one attached hydrogen (secondary N) is 1. The minimum Gasteiger partial charge on any atom is -0.480 e. The van der Waals surface area contributed by atoms with Gasteiger partial charge >= 0.3 is 12.0 Å². The van der Waals surface area contributed by atoms with Crippen molar-refractivity contribution in [1.29, 1.82) is 0 Å². The lowest BCUT2D eigenvalue weighted by Crippen LogP contribution is -2.45. The summed E-state index contributed by atoms with van der Waals surface area (Å²) >= 11 is 0. The standard InChI is InChI=1S/C13H14F2N2O3/c14-9-3-1-4-10(15)8(9)7-16-13(20)17-6-2-5-11(17)12(18)19/h1,3-4,11H,2,5-7H2,(H,16,20)(H,18,19)/t11-/m1/s1. The number of amides is 2. The summed E-state index contributed by atoms with van der Waals surface area (Å²) in [4.78, 5) is 24.0. The summed E-state index contributed by atoms with van der Waals surface area (Å²) < 4.78 is 26.8. The Balaban J connectivity index is 2.00. The van der Waals surface area contributed by atoms with Gasteiger partial charge in [-0.05, 0) is 25.0 Å². The summed E-state index contributed by atoms with van der Waals surface area (Å²) in [5.74, 6) is -2.57. The second-order valence-electron chi connectivity index (χ2n) is 4.55. The number of benzene rings is 1. The van der Waals surface area contributed by atoms with E-state index in [1.54, 1.807) is 0 Å². The summed E-state index contributed by atoms with van der Waals surface area (Å²) in [6.45, 7) is 0.00271. The van der Waals surface area contributed by atoms with Crippen molar-refractivity contribution in [2.75, 3.05) is 6.54 Å². The number of nitrogens with zero attached hydrogens (tertiary/aromatic N) is 1. The molecule has 1 fully saturated rings. The lowest BCUT2D eigenvalue weighted by atomic mass is 10.2. The molecule has 1 heterocycles. The molecule has 0 aromatic heterocycles. The highest BCUT2D eigenvalue weighted by molar-refractivity contribution is 5.83. The van der Waals surface area contributed by atoms with Crippen molar-refractivity contribution in [2.45, 2.75) is 25.4 Å². The molecule has 0 aliphatic carbocycles. The molecule has 0 radical (unpaired) electrons. The maximum atomic E-state index is 13.4. The van der Waals surface area contributed by atoms with Gasteiger partial charge in [-0.1, -0.05) is 6.07 Å². The zero-order chi connectivity index (χ0) is 14.7. The molecule has 1 aromatic carbocycles. The second kappa shape index (κ2) is 5.85. The number of urea groups is 1. The number of aliphatic carboxylic acids is 1. The number of hydrogen-bond acceptors (Lipinski definition) is 2. The van der Waals surface area contributed by atoms with Crippen molar-refractivity contribution in [2.24, 2.45) is 0 Å². The van der Waals surface area contributed by atoms with Crippen LogP contribution in [0.25, 0.3) is 0 Å². The van der Waals surface area contributed by atoms with Crippen LogP contribution in [-0.2, 0) is 11.3 Å². The Kier molecular flexibility index (Phi) is 4.16. The zero-order valence-electron chi connectivity index (χ0n) is 10.6. The Morgan fingerprint density at radius 2 is 2.00 bits per heavy atom. The molecule has 0 saturated carbocycles. The molecule has 2 rings (SSSR count). The Morgan fingerprint density at radius 1 is 1.35 bits per heavy atom. The first-order valence-electron chi connectivity index (χ1n) is 6.21. The second-order valence-corrected chi connectivity index (χ2v) is 4.55. The van der Waals surface area contributed by atoms with Gasteiger partial charge in [0.2, 0.25) is 0 Å². The zero-order valence-corrected chi connectivity index (χ0v) is 10.6. The van der Waals surface area contributed by atoms with Crippen LogP contribution in [-0.4, -0.2) is 34.6 Å². The van der Waals surface area contributed by atoms with Crippen LogP contribution >= 0.6 is 0 Å². The van der Waals surface area contributed by atoms with Gasteiger partial charge in [-0.25, -0.2) is 18.4 Å². The smallest absolute Gasteiger partial charge is 0.326 e. The Morgan fingerprint density at radius 3 is 2.60 bits per heavy atom. The maximum Gasteiger partial charge on any atom is 0.326 e. The molecular weight excluding hydrogens is 270 g/mol. The van der Waals surface area contributed by atoms with Crippen molar-refractivity contribution in [3.05, 3.63) is 35.4 Å². The number of carbonyl (C=O) groups is 2. The normalized spacial score (nSPS) is 18.1. The van der Waals surface area contributed by atoms with Crippen molar-refractivity contribution in [3.8, 4) is 0 Å². The Labute approximate surface area is 114 Å². The molecule has 20 heavy (non-hydrogen) atoms. The molecular formula is C13H14F2N2O3. The van der Waals surface area contributed by atoms with Gasteiger partial charge in [0.05, 0.1) is 6.54 Å². The fourth-order valence-corrected chi connectivity index (χ4v) is 2.23. The molecule has 2 N–H and O–H groups in total. The fourth-order valence-electron chi connectivity index (χ4n) is 2.23. The molecule has 0 bridgehead atoms. The predicted molar refractivity (Wildman–Crippen MR) is 66.0 cm³/mol. The first kappa shape index (κ1) is 14.2. The van der Waals surface area contributed by atoms with Gasteiger partial charge < -0.3 is 15.3 Å². The minimum atomic E-state index is -1.07. The quantitative estimate of drug-likeness (QED) is 0.888. The summed E-state index contributed by atoms with van der Waals surface area (Å²) in [6.07, 6.45) is 0.981. The number of carbonyl (C=O) groups excluding carboxylic acids is 1. The molecule has 1 saturated heterocycles. The molecule has 108 valence electrons. The maximum absolute atomic E-state index is 13.4. The van der Waals surface area contributed by atoms with Gasteiger partial charge in [-0.2, -0.15) is 0 Å². The Bertz CT molecular complexity index is 516. The number of rotatable bonds is 3. The van der Waals surface area contributed by atoms with E-state index in [2.05, 4.69) is 5.32 Å². The summed E-state index contributed by atoms with van der Waals surface area (Å²) in [5.41, 5.74) is -0.244. The minimum absolute atomic E-state index is 0.244. The van der Waals surface area contributed by atoms with E-state index in [0.717, 1.165) is 12.1 Å². The largest absolute Gasteiger partial charge is 0.480 e. The number of carboxylic acid groups (broad SMARTS) is 1. The van der Waals surface area contributed by atoms with Crippen LogP contribution in [0.15, 0.2) is 18.2 Å². The van der Waals surface area contributed by atoms with E-state index in [4.69, 9.17) is 5.11 Å². The molecule has 0 spiro atoms. The third kappa shape index (κ3) is 2.87. The summed E-state index contributed by atoms with van der Waals surface area (Å²) in [5, 5.41) is 11.3. The van der Waals surface area contributed by atoms with E-state index in [1.807, 2.05) is 0 Å². The molecule has 1 atom stereocenters. The summed E-state index contributed by atoms with van der Waals surface area (Å²) in [6, 6.07) is 1.93. The van der Waals surface area contributed by atoms with Gasteiger partial charge in [0.1, 0.15) is 17.7 Å². The third-order valence-electron chi connectivity index (χ3n) is 3.28. The average Bonchev–Trinajstić information content (AvgIpc) is 2.87.